The van der Waals surface area contributed by atoms with Gasteiger partial charge in [0.15, 0.2) is 5.25 Å². The normalized spacial score (nSPS) is 13.0. The molecule has 0 amide bonds. The van der Waals surface area contributed by atoms with Crippen LogP contribution in [-0.2, 0) is 10.1 Å². The number of hydrogen-bond acceptors (Lipinski definition) is 3. The summed E-state index contributed by atoms with van der Waals surface area (Å²) in [5, 5.41) is 6.56. The van der Waals surface area contributed by atoms with E-state index in [4.69, 9.17) is 9.81 Å². The molecule has 0 bridgehead atoms. The van der Waals surface area contributed by atoms with E-state index < -0.39 is 15.4 Å². The van der Waals surface area contributed by atoms with Crippen LogP contribution >= 0.6 is 0 Å². The van der Waals surface area contributed by atoms with Crippen LogP contribution in [0.2, 0.25) is 0 Å². The van der Waals surface area contributed by atoms with E-state index >= 15 is 0 Å². The van der Waals surface area contributed by atoms with Crippen LogP contribution in [-0.4, -0.2) is 18.2 Å². The van der Waals surface area contributed by atoms with Crippen molar-refractivity contribution in [2.75, 3.05) is 0 Å². The Morgan fingerprint density at radius 3 is 2.11 bits per heavy atom. The van der Waals surface area contributed by atoms with Crippen LogP contribution in [0.3, 0.4) is 0 Å². The van der Waals surface area contributed by atoms with Gasteiger partial charge in [0.05, 0.1) is 6.07 Å². The van der Waals surface area contributed by atoms with Crippen molar-refractivity contribution in [1.29, 1.82) is 5.26 Å². The van der Waals surface area contributed by atoms with Crippen molar-refractivity contribution < 1.29 is 44.0 Å². The summed E-state index contributed by atoms with van der Waals surface area (Å²) < 4.78 is 27.8. The Hall–Kier alpha value is 0.400. The van der Waals surface area contributed by atoms with E-state index in [2.05, 4.69) is 0 Å². The van der Waals surface area contributed by atoms with Crippen LogP contribution in [0.5, 0.6) is 0 Å². The maximum absolute atomic E-state index is 9.90. The Labute approximate surface area is 77.4 Å². The zero-order valence-corrected chi connectivity index (χ0v) is 8.01. The monoisotopic (exact) mass is 159 g/mol. The van der Waals surface area contributed by atoms with Gasteiger partial charge in [-0.2, -0.15) is 13.7 Å². The van der Waals surface area contributed by atoms with E-state index in [1.54, 1.807) is 0 Å². The van der Waals surface area contributed by atoms with E-state index in [0.717, 1.165) is 6.92 Å². The van der Waals surface area contributed by atoms with Gasteiger partial charge in [-0.3, -0.25) is 4.55 Å². The Kier molecular flexibility index (Phi) is 5.72. The molecular formula is C3H6NNaO3S. The molecule has 1 N–H and O–H groups in total. The molecule has 48 valence electrons. The first kappa shape index (κ1) is 12.1. The van der Waals surface area contributed by atoms with Crippen LogP contribution < -0.4 is 29.6 Å². The maximum Gasteiger partial charge on any atom is 1.00 e. The van der Waals surface area contributed by atoms with Gasteiger partial charge in [0.25, 0.3) is 10.1 Å². The molecule has 6 heteroatoms. The molecule has 1 unspecified atom stereocenters. The van der Waals surface area contributed by atoms with E-state index in [0.29, 0.717) is 0 Å². The molecule has 0 aliphatic rings. The summed E-state index contributed by atoms with van der Waals surface area (Å²) in [6.45, 7) is 1.11. The molecule has 4 nitrogen and oxygen atoms in total. The van der Waals surface area contributed by atoms with Gasteiger partial charge in [0.2, 0.25) is 0 Å². The second-order valence-corrected chi connectivity index (χ2v) is 3.02. The number of nitrogens with zero attached hydrogens (tertiary/aromatic N) is 1. The minimum Gasteiger partial charge on any atom is -1.00 e. The summed E-state index contributed by atoms with van der Waals surface area (Å²) in [4.78, 5) is 0. The Bertz CT molecular complexity index is 208. The third kappa shape index (κ3) is 4.88. The first-order chi connectivity index (χ1) is 3.48. The average molecular weight is 159 g/mol. The van der Waals surface area contributed by atoms with Crippen LogP contribution in [0.25, 0.3) is 0 Å². The van der Waals surface area contributed by atoms with Crippen LogP contribution in [0, 0.1) is 11.3 Å². The second kappa shape index (κ2) is 4.25. The summed E-state index contributed by atoms with van der Waals surface area (Å²) >= 11 is 0. The minimum absolute atomic E-state index is 0. The zero-order valence-electron chi connectivity index (χ0n) is 6.20. The van der Waals surface area contributed by atoms with Crippen molar-refractivity contribution >= 4 is 10.1 Å². The molecule has 0 heterocycles. The predicted molar refractivity (Wildman–Crippen MR) is 27.7 cm³/mol. The number of rotatable bonds is 1. The average Bonchev–Trinajstić information content (AvgIpc) is 1.62. The second-order valence-electron chi connectivity index (χ2n) is 1.29. The third-order valence-electron chi connectivity index (χ3n) is 0.629. The van der Waals surface area contributed by atoms with E-state index in [-0.39, 0.29) is 31.0 Å². The molecule has 9 heavy (non-hydrogen) atoms. The van der Waals surface area contributed by atoms with Gasteiger partial charge in [0.1, 0.15) is 0 Å². The van der Waals surface area contributed by atoms with E-state index in [9.17, 15) is 8.42 Å². The fraction of sp³-hybridized carbons (Fsp3) is 0.667. The van der Waals surface area contributed by atoms with Gasteiger partial charge < -0.3 is 1.43 Å². The summed E-state index contributed by atoms with van der Waals surface area (Å²) in [7, 11) is -4.11. The molecule has 0 rings (SSSR count). The van der Waals surface area contributed by atoms with Crippen molar-refractivity contribution in [1.82, 2.24) is 0 Å². The molecule has 0 fully saturated rings. The van der Waals surface area contributed by atoms with Crippen molar-refractivity contribution in [3.8, 4) is 6.07 Å². The first-order valence-corrected chi connectivity index (χ1v) is 3.34. The van der Waals surface area contributed by atoms with Crippen LogP contribution in [0.1, 0.15) is 8.35 Å². The largest absolute Gasteiger partial charge is 1.00 e. The van der Waals surface area contributed by atoms with Crippen molar-refractivity contribution in [3.05, 3.63) is 0 Å². The van der Waals surface area contributed by atoms with Gasteiger partial charge >= 0.3 is 29.6 Å². The van der Waals surface area contributed by atoms with E-state index in [1.165, 1.54) is 6.07 Å². The van der Waals surface area contributed by atoms with Crippen molar-refractivity contribution in [3.63, 3.8) is 0 Å². The van der Waals surface area contributed by atoms with Gasteiger partial charge in [0, 0.05) is 0 Å². The maximum atomic E-state index is 9.90. The summed E-state index contributed by atoms with van der Waals surface area (Å²) in [6.07, 6.45) is 0. The van der Waals surface area contributed by atoms with Gasteiger partial charge in [-0.05, 0) is 6.92 Å². The van der Waals surface area contributed by atoms with Crippen molar-refractivity contribution in [2.24, 2.45) is 0 Å². The Morgan fingerprint density at radius 2 is 2.11 bits per heavy atom. The summed E-state index contributed by atoms with van der Waals surface area (Å²) in [5.74, 6) is 0. The predicted octanol–water partition coefficient (Wildman–Crippen LogP) is -3.10. The zero-order chi connectivity index (χ0) is 6.78. The SMILES string of the molecule is CC(C#N)S(=O)(=O)O.[H-].[Na+]. The van der Waals surface area contributed by atoms with Crippen molar-refractivity contribution in [2.45, 2.75) is 12.2 Å². The molecule has 0 radical (unpaired) electrons. The fourth-order valence-electron chi connectivity index (χ4n) is 0.0666. The standard InChI is InChI=1S/C3H5NO3S.Na.H/c1-3(2-4)8(5,6)7;;/h3H,1H3,(H,5,6,7);;/q;+1;-1. The summed E-state index contributed by atoms with van der Waals surface area (Å²) in [6, 6.07) is 1.37. The molecule has 0 saturated heterocycles. The van der Waals surface area contributed by atoms with E-state index in [1.807, 2.05) is 0 Å². The molecule has 0 spiro atoms. The van der Waals surface area contributed by atoms with Gasteiger partial charge in [-0.15, -0.1) is 0 Å². The molecular weight excluding hydrogens is 153 g/mol. The third-order valence-corrected chi connectivity index (χ3v) is 1.63. The number of hydrogen-bond donors (Lipinski definition) is 1. The summed E-state index contributed by atoms with van der Waals surface area (Å²) in [5.41, 5.74) is 0. The molecule has 0 saturated carbocycles. The Morgan fingerprint density at radius 1 is 1.78 bits per heavy atom. The minimum atomic E-state index is -4.11. The molecule has 0 aromatic carbocycles. The fourth-order valence-corrected chi connectivity index (χ4v) is 0.200. The number of nitriles is 1. The van der Waals surface area contributed by atoms with Gasteiger partial charge in [-0.25, -0.2) is 0 Å². The molecule has 0 aromatic heterocycles. The van der Waals surface area contributed by atoms with Crippen LogP contribution in [0.15, 0.2) is 0 Å². The van der Waals surface area contributed by atoms with Crippen LogP contribution in [0.4, 0.5) is 0 Å². The molecule has 0 aliphatic heterocycles. The topological polar surface area (TPSA) is 78.2 Å². The quantitative estimate of drug-likeness (QED) is 0.325. The smallest absolute Gasteiger partial charge is 1.00 e. The molecule has 0 aliphatic carbocycles. The molecule has 1 atom stereocenters. The first-order valence-electron chi connectivity index (χ1n) is 1.84. The molecule has 0 aromatic rings. The van der Waals surface area contributed by atoms with Gasteiger partial charge in [-0.1, -0.05) is 0 Å². The Balaban J connectivity index is -0.000000245.